The highest BCUT2D eigenvalue weighted by molar-refractivity contribution is 7.21. The second-order valence-electron chi connectivity index (χ2n) is 9.20. The van der Waals surface area contributed by atoms with Gasteiger partial charge in [-0.15, -0.1) is 11.3 Å². The quantitative estimate of drug-likeness (QED) is 0.280. The number of urea groups is 1. The Kier molecular flexibility index (Phi) is 6.41. The van der Waals surface area contributed by atoms with Gasteiger partial charge < -0.3 is 20.7 Å². The summed E-state index contributed by atoms with van der Waals surface area (Å²) in [4.78, 5) is 49.6. The minimum Gasteiger partial charge on any atom is -0.456 e. The second kappa shape index (κ2) is 10.2. The van der Waals surface area contributed by atoms with Gasteiger partial charge in [0.1, 0.15) is 21.2 Å². The number of nitrogens with zero attached hydrogens (tertiary/aromatic N) is 3. The number of hydrogen-bond donors (Lipinski definition) is 3. The Balaban J connectivity index is 1.27. The molecule has 3 aromatic heterocycles. The Bertz CT molecular complexity index is 1590. The van der Waals surface area contributed by atoms with Crippen LogP contribution in [0, 0.1) is 0 Å². The molecular formula is C28H24N6O4S. The highest BCUT2D eigenvalue weighted by Gasteiger charge is 2.35. The van der Waals surface area contributed by atoms with Gasteiger partial charge in [0, 0.05) is 24.5 Å². The molecule has 10 nitrogen and oxygen atoms in total. The third-order valence-electron chi connectivity index (χ3n) is 6.76. The first kappa shape index (κ1) is 24.6. The fourth-order valence-corrected chi connectivity index (χ4v) is 6.01. The molecule has 1 saturated carbocycles. The maximum atomic E-state index is 13.4. The second-order valence-corrected chi connectivity index (χ2v) is 10.2. The number of thiophene rings is 1. The Hall–Kier alpha value is -4.77. The van der Waals surface area contributed by atoms with E-state index in [1.165, 1.54) is 17.4 Å². The van der Waals surface area contributed by atoms with Gasteiger partial charge in [0.2, 0.25) is 5.91 Å². The molecule has 39 heavy (non-hydrogen) atoms. The normalized spacial score (nSPS) is 17.9. The number of hydrogen-bond acceptors (Lipinski definition) is 7. The molecule has 1 aliphatic carbocycles. The summed E-state index contributed by atoms with van der Waals surface area (Å²) in [6, 6.07) is 11.7. The first-order chi connectivity index (χ1) is 19.0. The number of amides is 4. The van der Waals surface area contributed by atoms with E-state index in [-0.39, 0.29) is 29.9 Å². The van der Waals surface area contributed by atoms with E-state index in [2.05, 4.69) is 32.5 Å². The van der Waals surface area contributed by atoms with Crippen molar-refractivity contribution in [3.8, 4) is 11.5 Å². The average molecular weight is 541 g/mol. The van der Waals surface area contributed by atoms with E-state index in [1.54, 1.807) is 59.9 Å². The molecule has 2 atom stereocenters. The van der Waals surface area contributed by atoms with Gasteiger partial charge in [-0.2, -0.15) is 0 Å². The Morgan fingerprint density at radius 1 is 1.08 bits per heavy atom. The summed E-state index contributed by atoms with van der Waals surface area (Å²) in [6.07, 6.45) is 8.55. The van der Waals surface area contributed by atoms with Gasteiger partial charge in [0.05, 0.1) is 28.6 Å². The number of carbonyl (C=O) groups is 3. The van der Waals surface area contributed by atoms with Crippen molar-refractivity contribution in [2.75, 3.05) is 10.2 Å². The zero-order valence-electron chi connectivity index (χ0n) is 20.7. The predicted octanol–water partition coefficient (Wildman–Crippen LogP) is 5.12. The molecule has 0 unspecified atom stereocenters. The summed E-state index contributed by atoms with van der Waals surface area (Å²) in [5, 5.41) is 9.55. The van der Waals surface area contributed by atoms with Crippen LogP contribution in [0.1, 0.15) is 28.9 Å². The number of pyridine rings is 2. The van der Waals surface area contributed by atoms with Crippen molar-refractivity contribution in [1.82, 2.24) is 20.6 Å². The summed E-state index contributed by atoms with van der Waals surface area (Å²) in [6.45, 7) is 3.50. The summed E-state index contributed by atoms with van der Waals surface area (Å²) in [7, 11) is 0. The van der Waals surface area contributed by atoms with Crippen LogP contribution in [0.5, 0.6) is 11.5 Å². The zero-order valence-corrected chi connectivity index (χ0v) is 21.5. The number of benzene rings is 1. The maximum Gasteiger partial charge on any atom is 0.331 e. The lowest BCUT2D eigenvalue weighted by Crippen LogP contribution is -2.48. The summed E-state index contributed by atoms with van der Waals surface area (Å²) in [5.74, 6) is 0.636. The molecule has 6 rings (SSSR count). The third-order valence-corrected chi connectivity index (χ3v) is 7.86. The van der Waals surface area contributed by atoms with Crippen LogP contribution in [0.4, 0.5) is 21.9 Å². The molecular weight excluding hydrogens is 516 g/mol. The number of ether oxygens (including phenoxy) is 1. The van der Waals surface area contributed by atoms with Crippen LogP contribution in [0.15, 0.2) is 73.7 Å². The van der Waals surface area contributed by atoms with Crippen molar-refractivity contribution in [2.24, 2.45) is 0 Å². The van der Waals surface area contributed by atoms with Crippen LogP contribution in [0.3, 0.4) is 0 Å². The minimum atomic E-state index is -0.389. The van der Waals surface area contributed by atoms with E-state index < -0.39 is 0 Å². The van der Waals surface area contributed by atoms with Crippen LogP contribution in [0.25, 0.3) is 10.2 Å². The fraction of sp³-hybridized carbons (Fsp3) is 0.179. The lowest BCUT2D eigenvalue weighted by atomic mass is 10.1. The number of nitrogens with one attached hydrogen (secondary N) is 3. The molecule has 0 spiro atoms. The van der Waals surface area contributed by atoms with Crippen molar-refractivity contribution < 1.29 is 19.1 Å². The van der Waals surface area contributed by atoms with E-state index in [0.29, 0.717) is 43.7 Å². The van der Waals surface area contributed by atoms with Gasteiger partial charge >= 0.3 is 6.03 Å². The summed E-state index contributed by atoms with van der Waals surface area (Å²) >= 11 is 1.22. The topological polar surface area (TPSA) is 126 Å². The molecule has 3 N–H and O–H groups in total. The van der Waals surface area contributed by atoms with Crippen molar-refractivity contribution in [1.29, 1.82) is 0 Å². The molecule has 196 valence electrons. The average Bonchev–Trinajstić information content (AvgIpc) is 3.54. The molecule has 11 heteroatoms. The van der Waals surface area contributed by atoms with E-state index >= 15 is 0 Å². The van der Waals surface area contributed by atoms with Crippen LogP contribution < -0.4 is 25.6 Å². The van der Waals surface area contributed by atoms with Crippen LogP contribution in [-0.2, 0) is 4.79 Å². The SMILES string of the molecule is C=CC(=O)N[C@H]1CCC[C@H]1NC(=O)c1sc2nccc3c2c1NC(=O)N3c1ccc(Oc2cccnc2)cc1. The molecule has 2 aliphatic rings. The lowest BCUT2D eigenvalue weighted by molar-refractivity contribution is -0.117. The monoisotopic (exact) mass is 540 g/mol. The molecule has 4 heterocycles. The number of rotatable bonds is 7. The van der Waals surface area contributed by atoms with E-state index in [1.807, 2.05) is 6.07 Å². The minimum absolute atomic E-state index is 0.172. The third kappa shape index (κ3) is 4.68. The molecule has 0 radical (unpaired) electrons. The molecule has 4 amide bonds. The zero-order chi connectivity index (χ0) is 26.9. The van der Waals surface area contributed by atoms with Gasteiger partial charge in [0.15, 0.2) is 0 Å². The van der Waals surface area contributed by atoms with Gasteiger partial charge in [-0.1, -0.05) is 6.58 Å². The number of anilines is 3. The highest BCUT2D eigenvalue weighted by atomic mass is 32.1. The smallest absolute Gasteiger partial charge is 0.331 e. The summed E-state index contributed by atoms with van der Waals surface area (Å²) < 4.78 is 5.82. The molecule has 1 aliphatic heterocycles. The van der Waals surface area contributed by atoms with E-state index in [9.17, 15) is 14.4 Å². The van der Waals surface area contributed by atoms with Gasteiger partial charge in [0.25, 0.3) is 5.91 Å². The van der Waals surface area contributed by atoms with Gasteiger partial charge in [-0.05, 0) is 67.8 Å². The lowest BCUT2D eigenvalue weighted by Gasteiger charge is -2.28. The molecule has 4 aromatic rings. The van der Waals surface area contributed by atoms with Crippen LogP contribution in [0.2, 0.25) is 0 Å². The fourth-order valence-electron chi connectivity index (χ4n) is 4.99. The predicted molar refractivity (Wildman–Crippen MR) is 149 cm³/mol. The van der Waals surface area contributed by atoms with Crippen molar-refractivity contribution in [2.45, 2.75) is 31.3 Å². The van der Waals surface area contributed by atoms with Crippen molar-refractivity contribution >= 4 is 56.5 Å². The molecule has 1 aromatic carbocycles. The first-order valence-corrected chi connectivity index (χ1v) is 13.3. The van der Waals surface area contributed by atoms with Crippen LogP contribution >= 0.6 is 11.3 Å². The standard InChI is InChI=1S/C28H24N6O4S/c1-2-22(35)31-19-6-3-7-20(19)32-26(36)25-24-23-21(12-14-30-27(23)39-25)34(28(37)33-24)16-8-10-17(11-9-16)38-18-5-4-13-29-15-18/h2,4-5,8-15,19-20H,1,3,6-7H2,(H,31,35)(H,32,36)(H,33,37)/t19-,20+/m0/s1. The van der Waals surface area contributed by atoms with Crippen LogP contribution in [-0.4, -0.2) is 39.9 Å². The van der Waals surface area contributed by atoms with Gasteiger partial charge in [-0.25, -0.2) is 9.78 Å². The summed E-state index contributed by atoms with van der Waals surface area (Å²) in [5.41, 5.74) is 1.71. The molecule has 1 fully saturated rings. The number of aromatic nitrogens is 2. The Morgan fingerprint density at radius 3 is 2.62 bits per heavy atom. The highest BCUT2D eigenvalue weighted by Crippen LogP contribution is 2.46. The first-order valence-electron chi connectivity index (χ1n) is 12.5. The Morgan fingerprint density at radius 2 is 1.87 bits per heavy atom. The molecule has 0 bridgehead atoms. The molecule has 0 saturated heterocycles. The Labute approximate surface area is 227 Å². The maximum absolute atomic E-state index is 13.4. The number of carbonyl (C=O) groups excluding carboxylic acids is 3. The largest absolute Gasteiger partial charge is 0.456 e. The van der Waals surface area contributed by atoms with E-state index in [0.717, 1.165) is 19.3 Å². The van der Waals surface area contributed by atoms with E-state index in [4.69, 9.17) is 4.74 Å². The van der Waals surface area contributed by atoms with Gasteiger partial charge in [-0.3, -0.25) is 19.5 Å². The van der Waals surface area contributed by atoms with Crippen molar-refractivity contribution in [3.63, 3.8) is 0 Å². The van der Waals surface area contributed by atoms with Crippen molar-refractivity contribution in [3.05, 3.63) is 78.6 Å².